The van der Waals surface area contributed by atoms with Crippen LogP contribution < -0.4 is 5.32 Å². The lowest BCUT2D eigenvalue weighted by Gasteiger charge is -2.23. The number of rotatable bonds is 7. The van der Waals surface area contributed by atoms with E-state index in [1.165, 1.54) is 5.38 Å². The first kappa shape index (κ1) is 15.6. The summed E-state index contributed by atoms with van der Waals surface area (Å²) in [6.07, 6.45) is 1.05. The summed E-state index contributed by atoms with van der Waals surface area (Å²) in [5.41, 5.74) is -0.0909. The predicted molar refractivity (Wildman–Crippen MR) is 73.8 cm³/mol. The SMILES string of the molecule is CCC(C)N(C)CCNC(=O)c1nc(C(=O)O)cs1. The van der Waals surface area contributed by atoms with Crippen LogP contribution in [0.15, 0.2) is 5.38 Å². The third kappa shape index (κ3) is 4.60. The zero-order chi connectivity index (χ0) is 14.4. The summed E-state index contributed by atoms with van der Waals surface area (Å²) in [7, 11) is 2.01. The van der Waals surface area contributed by atoms with E-state index in [1.54, 1.807) is 0 Å². The van der Waals surface area contributed by atoms with Crippen LogP contribution in [-0.2, 0) is 0 Å². The molecule has 0 saturated heterocycles. The summed E-state index contributed by atoms with van der Waals surface area (Å²) in [6, 6.07) is 0.468. The topological polar surface area (TPSA) is 82.5 Å². The summed E-state index contributed by atoms with van der Waals surface area (Å²) in [5.74, 6) is -1.44. The van der Waals surface area contributed by atoms with Crippen molar-refractivity contribution in [2.24, 2.45) is 0 Å². The molecule has 7 heteroatoms. The molecule has 0 spiro atoms. The predicted octanol–water partition coefficient (Wildman–Crippen LogP) is 1.30. The number of aromatic carboxylic acids is 1. The molecular weight excluding hydrogens is 266 g/mol. The van der Waals surface area contributed by atoms with E-state index in [9.17, 15) is 9.59 Å². The molecule has 0 saturated carbocycles. The Morgan fingerprint density at radius 1 is 1.58 bits per heavy atom. The number of carboxylic acid groups (broad SMARTS) is 1. The third-order valence-electron chi connectivity index (χ3n) is 3.01. The Kier molecular flexibility index (Phi) is 5.91. The molecule has 0 radical (unpaired) electrons. The summed E-state index contributed by atoms with van der Waals surface area (Å²) >= 11 is 1.04. The number of hydrogen-bond donors (Lipinski definition) is 2. The van der Waals surface area contributed by atoms with Crippen LogP contribution in [0.2, 0.25) is 0 Å². The van der Waals surface area contributed by atoms with E-state index in [2.05, 4.69) is 29.0 Å². The van der Waals surface area contributed by atoms with Crippen molar-refractivity contribution in [3.8, 4) is 0 Å². The maximum atomic E-state index is 11.7. The van der Waals surface area contributed by atoms with E-state index in [1.807, 2.05) is 7.05 Å². The molecule has 6 nitrogen and oxygen atoms in total. The van der Waals surface area contributed by atoms with Crippen molar-refractivity contribution >= 4 is 23.2 Å². The number of amides is 1. The minimum absolute atomic E-state index is 0.0909. The molecule has 1 rings (SSSR count). The summed E-state index contributed by atoms with van der Waals surface area (Å²) in [4.78, 5) is 28.3. The van der Waals surface area contributed by atoms with Gasteiger partial charge in [-0.1, -0.05) is 6.92 Å². The van der Waals surface area contributed by atoms with Crippen LogP contribution in [0.3, 0.4) is 0 Å². The first-order chi connectivity index (χ1) is 8.95. The largest absolute Gasteiger partial charge is 0.476 e. The average Bonchev–Trinajstić information content (AvgIpc) is 2.87. The Morgan fingerprint density at radius 3 is 2.79 bits per heavy atom. The van der Waals surface area contributed by atoms with Crippen molar-refractivity contribution in [1.82, 2.24) is 15.2 Å². The van der Waals surface area contributed by atoms with Crippen LogP contribution in [0.4, 0.5) is 0 Å². The zero-order valence-electron chi connectivity index (χ0n) is 11.3. The van der Waals surface area contributed by atoms with Crippen LogP contribution in [0, 0.1) is 0 Å². The second-order valence-electron chi connectivity index (χ2n) is 4.34. The van der Waals surface area contributed by atoms with Gasteiger partial charge in [-0.15, -0.1) is 11.3 Å². The molecule has 1 amide bonds. The molecule has 0 aliphatic heterocycles. The maximum Gasteiger partial charge on any atom is 0.355 e. The van der Waals surface area contributed by atoms with E-state index in [0.29, 0.717) is 12.6 Å². The highest BCUT2D eigenvalue weighted by atomic mass is 32.1. The normalized spacial score (nSPS) is 12.4. The number of likely N-dealkylation sites (N-methyl/N-ethyl adjacent to an activating group) is 1. The molecular formula is C12H19N3O3S. The van der Waals surface area contributed by atoms with Gasteiger partial charge in [-0.2, -0.15) is 0 Å². The van der Waals surface area contributed by atoms with Gasteiger partial charge >= 0.3 is 5.97 Å². The van der Waals surface area contributed by atoms with Crippen LogP contribution in [0.25, 0.3) is 0 Å². The fourth-order valence-corrected chi connectivity index (χ4v) is 2.14. The number of carboxylic acids is 1. The van der Waals surface area contributed by atoms with E-state index < -0.39 is 5.97 Å². The van der Waals surface area contributed by atoms with E-state index in [4.69, 9.17) is 5.11 Å². The summed E-state index contributed by atoms with van der Waals surface area (Å²) in [6.45, 7) is 5.50. The highest BCUT2D eigenvalue weighted by Gasteiger charge is 2.14. The van der Waals surface area contributed by atoms with E-state index >= 15 is 0 Å². The molecule has 1 heterocycles. The molecule has 1 aromatic rings. The van der Waals surface area contributed by atoms with Gasteiger partial charge in [0.2, 0.25) is 0 Å². The molecule has 1 aromatic heterocycles. The molecule has 0 aromatic carbocycles. The van der Waals surface area contributed by atoms with Crippen LogP contribution in [0.1, 0.15) is 40.6 Å². The minimum atomic E-state index is -1.12. The molecule has 19 heavy (non-hydrogen) atoms. The number of nitrogens with zero attached hydrogens (tertiary/aromatic N) is 2. The molecule has 0 bridgehead atoms. The van der Waals surface area contributed by atoms with Crippen LogP contribution >= 0.6 is 11.3 Å². The van der Waals surface area contributed by atoms with Gasteiger partial charge in [-0.25, -0.2) is 9.78 Å². The number of hydrogen-bond acceptors (Lipinski definition) is 5. The number of carbonyl (C=O) groups excluding carboxylic acids is 1. The quantitative estimate of drug-likeness (QED) is 0.789. The number of thiazole rings is 1. The van der Waals surface area contributed by atoms with Gasteiger partial charge in [0.25, 0.3) is 5.91 Å². The Morgan fingerprint density at radius 2 is 2.26 bits per heavy atom. The number of aromatic nitrogens is 1. The number of nitrogens with one attached hydrogen (secondary N) is 1. The third-order valence-corrected chi connectivity index (χ3v) is 3.85. The van der Waals surface area contributed by atoms with E-state index in [-0.39, 0.29) is 16.6 Å². The molecule has 1 atom stereocenters. The van der Waals surface area contributed by atoms with Gasteiger partial charge in [-0.3, -0.25) is 4.79 Å². The molecule has 106 valence electrons. The highest BCUT2D eigenvalue weighted by Crippen LogP contribution is 2.09. The van der Waals surface area contributed by atoms with Gasteiger partial charge in [0.15, 0.2) is 10.7 Å². The lowest BCUT2D eigenvalue weighted by molar-refractivity contribution is 0.0691. The molecule has 0 aliphatic carbocycles. The highest BCUT2D eigenvalue weighted by molar-refractivity contribution is 7.11. The second kappa shape index (κ2) is 7.20. The standard InChI is InChI=1S/C12H19N3O3S/c1-4-8(2)15(3)6-5-13-10(16)11-14-9(7-19-11)12(17)18/h7-8H,4-6H2,1-3H3,(H,13,16)(H,17,18). The van der Waals surface area contributed by atoms with Crippen molar-refractivity contribution in [3.05, 3.63) is 16.1 Å². The number of carbonyl (C=O) groups is 2. The Hall–Kier alpha value is -1.47. The Balaban J connectivity index is 2.41. The van der Waals surface area contributed by atoms with Gasteiger partial charge < -0.3 is 15.3 Å². The maximum absolute atomic E-state index is 11.7. The van der Waals surface area contributed by atoms with Crippen molar-refractivity contribution in [1.29, 1.82) is 0 Å². The fraction of sp³-hybridized carbons (Fsp3) is 0.583. The molecule has 2 N–H and O–H groups in total. The first-order valence-electron chi connectivity index (χ1n) is 6.13. The van der Waals surface area contributed by atoms with Gasteiger partial charge in [0, 0.05) is 24.5 Å². The smallest absolute Gasteiger partial charge is 0.355 e. The second-order valence-corrected chi connectivity index (χ2v) is 5.19. The summed E-state index contributed by atoms with van der Waals surface area (Å²) < 4.78 is 0. The lowest BCUT2D eigenvalue weighted by atomic mass is 10.2. The van der Waals surface area contributed by atoms with Crippen molar-refractivity contribution in [3.63, 3.8) is 0 Å². The Labute approximate surface area is 116 Å². The van der Waals surface area contributed by atoms with Gasteiger partial charge in [-0.05, 0) is 20.4 Å². The molecule has 1 unspecified atom stereocenters. The molecule has 0 aliphatic rings. The van der Waals surface area contributed by atoms with Crippen LogP contribution in [-0.4, -0.2) is 53.0 Å². The van der Waals surface area contributed by atoms with Gasteiger partial charge in [0.1, 0.15) is 0 Å². The monoisotopic (exact) mass is 285 g/mol. The van der Waals surface area contributed by atoms with Crippen molar-refractivity contribution < 1.29 is 14.7 Å². The Bertz CT molecular complexity index is 447. The van der Waals surface area contributed by atoms with Crippen LogP contribution in [0.5, 0.6) is 0 Å². The lowest BCUT2D eigenvalue weighted by Crippen LogP contribution is -2.37. The first-order valence-corrected chi connectivity index (χ1v) is 7.01. The summed E-state index contributed by atoms with van der Waals surface area (Å²) in [5, 5.41) is 13.0. The minimum Gasteiger partial charge on any atom is -0.476 e. The fourth-order valence-electron chi connectivity index (χ4n) is 1.43. The molecule has 0 fully saturated rings. The van der Waals surface area contributed by atoms with Crippen molar-refractivity contribution in [2.45, 2.75) is 26.3 Å². The zero-order valence-corrected chi connectivity index (χ0v) is 12.2. The van der Waals surface area contributed by atoms with E-state index in [0.717, 1.165) is 24.3 Å². The average molecular weight is 285 g/mol. The van der Waals surface area contributed by atoms with Gasteiger partial charge in [0.05, 0.1) is 0 Å². The van der Waals surface area contributed by atoms with Crippen molar-refractivity contribution in [2.75, 3.05) is 20.1 Å².